The van der Waals surface area contributed by atoms with Crippen molar-refractivity contribution in [3.63, 3.8) is 0 Å². The summed E-state index contributed by atoms with van der Waals surface area (Å²) < 4.78 is 21.0. The second-order valence-corrected chi connectivity index (χ2v) is 6.06. The number of hydrogen-bond donors (Lipinski definition) is 1. The van der Waals surface area contributed by atoms with E-state index in [9.17, 15) is 19.2 Å². The number of aliphatic imine (C=N–C) groups is 1. The molecule has 0 saturated carbocycles. The van der Waals surface area contributed by atoms with Gasteiger partial charge in [0.25, 0.3) is 0 Å². The fourth-order valence-electron chi connectivity index (χ4n) is 2.73. The molecule has 1 saturated heterocycles. The van der Waals surface area contributed by atoms with Crippen molar-refractivity contribution in [3.8, 4) is 0 Å². The van der Waals surface area contributed by atoms with Crippen LogP contribution in [0.15, 0.2) is 17.1 Å². The Kier molecular flexibility index (Phi) is 7.05. The average Bonchev–Trinajstić information content (AvgIpc) is 2.89. The van der Waals surface area contributed by atoms with Gasteiger partial charge in [-0.1, -0.05) is 6.08 Å². The van der Waals surface area contributed by atoms with Crippen LogP contribution in [-0.4, -0.2) is 67.7 Å². The van der Waals surface area contributed by atoms with Crippen molar-refractivity contribution >= 4 is 30.0 Å². The molecule has 2 aliphatic heterocycles. The molecule has 0 bridgehead atoms. The number of amides is 1. The highest BCUT2D eigenvalue weighted by Gasteiger charge is 2.50. The fraction of sp³-hybridized carbons (Fsp3) is 0.588. The van der Waals surface area contributed by atoms with Gasteiger partial charge in [0.05, 0.1) is 12.5 Å². The van der Waals surface area contributed by atoms with Gasteiger partial charge in [-0.3, -0.25) is 24.2 Å². The first-order valence-electron chi connectivity index (χ1n) is 8.38. The van der Waals surface area contributed by atoms with Crippen LogP contribution in [0.2, 0.25) is 0 Å². The van der Waals surface area contributed by atoms with E-state index in [0.717, 1.165) is 0 Å². The molecule has 10 nitrogen and oxygen atoms in total. The van der Waals surface area contributed by atoms with E-state index in [4.69, 9.17) is 18.9 Å². The van der Waals surface area contributed by atoms with E-state index < -0.39 is 48.4 Å². The Morgan fingerprint density at radius 1 is 1.07 bits per heavy atom. The molecule has 1 unspecified atom stereocenters. The van der Waals surface area contributed by atoms with Gasteiger partial charge >= 0.3 is 17.9 Å². The van der Waals surface area contributed by atoms with Crippen LogP contribution in [0.1, 0.15) is 20.8 Å². The molecule has 10 heteroatoms. The van der Waals surface area contributed by atoms with Gasteiger partial charge in [-0.05, 0) is 6.08 Å². The molecule has 0 radical (unpaired) electrons. The topological polar surface area (TPSA) is 130 Å². The number of carbonyl (C=O) groups is 4. The van der Waals surface area contributed by atoms with Crippen molar-refractivity contribution in [3.05, 3.63) is 12.2 Å². The summed E-state index contributed by atoms with van der Waals surface area (Å²) in [6, 6.07) is 0. The minimum Gasteiger partial charge on any atom is -0.463 e. The van der Waals surface area contributed by atoms with E-state index in [1.807, 2.05) is 0 Å². The number of nitrogens with zero attached hydrogens (tertiary/aromatic N) is 1. The molecule has 0 aromatic rings. The molecular formula is C17H22N2O8. The number of carbonyl (C=O) groups excluding carboxylic acids is 4. The van der Waals surface area contributed by atoms with E-state index in [0.29, 0.717) is 0 Å². The van der Waals surface area contributed by atoms with E-state index in [2.05, 4.69) is 10.3 Å². The second kappa shape index (κ2) is 9.26. The molecule has 1 amide bonds. The summed E-state index contributed by atoms with van der Waals surface area (Å²) in [4.78, 5) is 50.5. The normalized spacial score (nSPS) is 29.1. The summed E-state index contributed by atoms with van der Waals surface area (Å²) in [7, 11) is 0. The van der Waals surface area contributed by atoms with Crippen LogP contribution in [0.3, 0.4) is 0 Å². The van der Waals surface area contributed by atoms with Crippen LogP contribution in [0.5, 0.6) is 0 Å². The van der Waals surface area contributed by atoms with Crippen LogP contribution in [0, 0.1) is 5.92 Å². The van der Waals surface area contributed by atoms with Gasteiger partial charge in [0.15, 0.2) is 18.4 Å². The maximum absolute atomic E-state index is 12.4. The lowest BCUT2D eigenvalue weighted by Crippen LogP contribution is -2.49. The summed E-state index contributed by atoms with van der Waals surface area (Å²) in [5.74, 6) is -2.72. The van der Waals surface area contributed by atoms with Gasteiger partial charge in [0, 0.05) is 27.0 Å². The first-order chi connectivity index (χ1) is 12.8. The Hall–Kier alpha value is -2.75. The Labute approximate surface area is 155 Å². The fourth-order valence-corrected chi connectivity index (χ4v) is 2.73. The highest BCUT2D eigenvalue weighted by molar-refractivity contribution is 5.84. The Morgan fingerprint density at radius 3 is 2.30 bits per heavy atom. The molecule has 2 heterocycles. The zero-order chi connectivity index (χ0) is 20.0. The van der Waals surface area contributed by atoms with Crippen LogP contribution in [-0.2, 0) is 38.1 Å². The number of esters is 3. The number of hydrogen-bond acceptors (Lipinski definition) is 9. The molecular weight excluding hydrogens is 360 g/mol. The largest absolute Gasteiger partial charge is 0.463 e. The number of nitrogens with one attached hydrogen (secondary N) is 1. The minimum atomic E-state index is -1.09. The van der Waals surface area contributed by atoms with Crippen molar-refractivity contribution < 1.29 is 38.1 Å². The van der Waals surface area contributed by atoms with E-state index in [1.54, 1.807) is 18.4 Å². The third kappa shape index (κ3) is 5.88. The number of dihydropyridines is 1. The van der Waals surface area contributed by atoms with Gasteiger partial charge in [-0.25, -0.2) is 0 Å². The van der Waals surface area contributed by atoms with Gasteiger partial charge in [-0.2, -0.15) is 0 Å². The molecule has 0 aromatic heterocycles. The average molecular weight is 382 g/mol. The molecule has 5 atom stereocenters. The Morgan fingerprint density at radius 2 is 1.74 bits per heavy atom. The Bertz CT molecular complexity index is 659. The van der Waals surface area contributed by atoms with Crippen LogP contribution < -0.4 is 5.32 Å². The summed E-state index contributed by atoms with van der Waals surface area (Å²) in [5, 5.41) is 2.63. The van der Waals surface area contributed by atoms with E-state index >= 15 is 0 Å². The maximum atomic E-state index is 12.4. The molecule has 2 rings (SSSR count). The summed E-state index contributed by atoms with van der Waals surface area (Å²) in [6.45, 7) is 3.63. The lowest BCUT2D eigenvalue weighted by atomic mass is 10.1. The maximum Gasteiger partial charge on any atom is 0.303 e. The predicted molar refractivity (Wildman–Crippen MR) is 90.5 cm³/mol. The SMILES string of the molecule is CC(=O)OC[C@H]1O[C@@H](NC(=O)C2C=CC=NC2)[C@H](OC(C)=O)[C@@H]1OC(C)=O. The molecule has 148 valence electrons. The van der Waals surface area contributed by atoms with E-state index in [-0.39, 0.29) is 19.1 Å². The summed E-state index contributed by atoms with van der Waals surface area (Å²) in [6.07, 6.45) is 0.792. The summed E-state index contributed by atoms with van der Waals surface area (Å²) >= 11 is 0. The van der Waals surface area contributed by atoms with Crippen molar-refractivity contribution in [2.75, 3.05) is 13.2 Å². The molecule has 2 aliphatic rings. The molecule has 0 aliphatic carbocycles. The first kappa shape index (κ1) is 20.6. The lowest BCUT2D eigenvalue weighted by molar-refractivity contribution is -0.166. The highest BCUT2D eigenvalue weighted by atomic mass is 16.7. The third-order valence-corrected chi connectivity index (χ3v) is 3.82. The lowest BCUT2D eigenvalue weighted by Gasteiger charge is -2.24. The zero-order valence-corrected chi connectivity index (χ0v) is 15.2. The van der Waals surface area contributed by atoms with Gasteiger partial charge in [0.1, 0.15) is 12.7 Å². The van der Waals surface area contributed by atoms with E-state index in [1.165, 1.54) is 20.8 Å². The third-order valence-electron chi connectivity index (χ3n) is 3.82. The van der Waals surface area contributed by atoms with Crippen molar-refractivity contribution in [2.24, 2.45) is 10.9 Å². The van der Waals surface area contributed by atoms with Gasteiger partial charge in [-0.15, -0.1) is 0 Å². The zero-order valence-electron chi connectivity index (χ0n) is 15.2. The Balaban J connectivity index is 2.16. The van der Waals surface area contributed by atoms with Crippen molar-refractivity contribution in [1.82, 2.24) is 5.32 Å². The standard InChI is InChI=1S/C17H22N2O8/c1-9(20)24-8-13-14(25-10(2)21)15(26-11(3)22)17(27-13)19-16(23)12-5-4-6-18-7-12/h4-6,12-15,17H,7-8H2,1-3H3,(H,19,23)/t12?,13-,14-,15-,17-/m1/s1. The molecule has 27 heavy (non-hydrogen) atoms. The minimum absolute atomic E-state index is 0.231. The highest BCUT2D eigenvalue weighted by Crippen LogP contribution is 2.27. The number of allylic oxidation sites excluding steroid dienone is 1. The molecule has 1 N–H and O–H groups in total. The summed E-state index contributed by atoms with van der Waals surface area (Å²) in [5.41, 5.74) is 0. The van der Waals surface area contributed by atoms with Gasteiger partial charge in [0.2, 0.25) is 5.91 Å². The second-order valence-electron chi connectivity index (χ2n) is 6.06. The smallest absolute Gasteiger partial charge is 0.303 e. The molecule has 0 spiro atoms. The number of ether oxygens (including phenoxy) is 4. The first-order valence-corrected chi connectivity index (χ1v) is 8.38. The van der Waals surface area contributed by atoms with Crippen LogP contribution >= 0.6 is 0 Å². The predicted octanol–water partition coefficient (Wildman–Crippen LogP) is -0.489. The molecule has 0 aromatic carbocycles. The van der Waals surface area contributed by atoms with Crippen LogP contribution in [0.4, 0.5) is 0 Å². The van der Waals surface area contributed by atoms with Crippen molar-refractivity contribution in [1.29, 1.82) is 0 Å². The van der Waals surface area contributed by atoms with Crippen molar-refractivity contribution in [2.45, 2.75) is 45.3 Å². The monoisotopic (exact) mass is 382 g/mol. The molecule has 1 fully saturated rings. The van der Waals surface area contributed by atoms with Crippen LogP contribution in [0.25, 0.3) is 0 Å². The van der Waals surface area contributed by atoms with Gasteiger partial charge < -0.3 is 24.3 Å². The quantitative estimate of drug-likeness (QED) is 0.481. The number of rotatable bonds is 6.